The second-order valence-corrected chi connectivity index (χ2v) is 10.2. The van der Waals surface area contributed by atoms with Crippen LogP contribution in [0.15, 0.2) is 18.2 Å². The number of amides is 2. The Bertz CT molecular complexity index is 740. The number of carbonyl (C=O) groups is 2. The Kier molecular flexibility index (Phi) is 7.02. The Balaban J connectivity index is 1.50. The summed E-state index contributed by atoms with van der Waals surface area (Å²) in [6.45, 7) is 10.9. The highest BCUT2D eigenvalue weighted by Crippen LogP contribution is 2.44. The highest BCUT2D eigenvalue weighted by molar-refractivity contribution is 5.98. The van der Waals surface area contributed by atoms with E-state index in [1.807, 2.05) is 25.1 Å². The minimum absolute atomic E-state index is 0.121. The van der Waals surface area contributed by atoms with Crippen LogP contribution in [0.2, 0.25) is 0 Å². The number of rotatable bonds is 10. The Labute approximate surface area is 176 Å². The molecule has 0 radical (unpaired) electrons. The van der Waals surface area contributed by atoms with Gasteiger partial charge in [0.25, 0.3) is 0 Å². The van der Waals surface area contributed by atoms with Gasteiger partial charge in [-0.25, -0.2) is 0 Å². The number of anilines is 2. The third kappa shape index (κ3) is 6.32. The molecule has 4 heteroatoms. The van der Waals surface area contributed by atoms with Crippen molar-refractivity contribution in [3.8, 4) is 0 Å². The first-order valence-electron chi connectivity index (χ1n) is 11.5. The predicted molar refractivity (Wildman–Crippen MR) is 120 cm³/mol. The van der Waals surface area contributed by atoms with Crippen LogP contribution >= 0.6 is 0 Å². The highest BCUT2D eigenvalue weighted by Gasteiger charge is 2.43. The fourth-order valence-corrected chi connectivity index (χ4v) is 4.17. The molecule has 0 heterocycles. The number of carbonyl (C=O) groups excluding carboxylic acids is 2. The third-order valence-electron chi connectivity index (χ3n) is 6.51. The molecule has 2 aliphatic carbocycles. The number of aryl methyl sites for hydroxylation is 1. The van der Waals surface area contributed by atoms with E-state index in [9.17, 15) is 9.59 Å². The average molecular weight is 399 g/mol. The Hall–Kier alpha value is -1.84. The first kappa shape index (κ1) is 21.9. The molecule has 1 aromatic rings. The summed E-state index contributed by atoms with van der Waals surface area (Å²) in [6, 6.07) is 5.80. The van der Waals surface area contributed by atoms with Crippen LogP contribution < -0.4 is 10.6 Å². The van der Waals surface area contributed by atoms with Gasteiger partial charge in [0.05, 0.1) is 0 Å². The van der Waals surface area contributed by atoms with Gasteiger partial charge in [0.2, 0.25) is 11.8 Å². The zero-order chi connectivity index (χ0) is 21.1. The molecular formula is C25H38N2O2. The molecule has 0 aliphatic heterocycles. The molecule has 4 nitrogen and oxygen atoms in total. The number of hydrogen-bond acceptors (Lipinski definition) is 2. The molecular weight excluding hydrogens is 360 g/mol. The van der Waals surface area contributed by atoms with Gasteiger partial charge in [-0.2, -0.15) is 0 Å². The molecule has 2 aliphatic rings. The van der Waals surface area contributed by atoms with Gasteiger partial charge in [-0.3, -0.25) is 9.59 Å². The van der Waals surface area contributed by atoms with Crippen LogP contribution in [0.3, 0.4) is 0 Å². The Morgan fingerprint density at radius 1 is 0.897 bits per heavy atom. The van der Waals surface area contributed by atoms with Crippen LogP contribution in [0.1, 0.15) is 71.8 Å². The van der Waals surface area contributed by atoms with Crippen molar-refractivity contribution in [1.29, 1.82) is 0 Å². The van der Waals surface area contributed by atoms with Gasteiger partial charge in [-0.15, -0.1) is 0 Å². The lowest BCUT2D eigenvalue weighted by molar-refractivity contribution is -0.118. The van der Waals surface area contributed by atoms with Crippen molar-refractivity contribution in [3.05, 3.63) is 23.8 Å². The van der Waals surface area contributed by atoms with Crippen LogP contribution in [0, 0.1) is 42.4 Å². The summed E-state index contributed by atoms with van der Waals surface area (Å²) in [5, 5.41) is 6.16. The molecule has 2 fully saturated rings. The van der Waals surface area contributed by atoms with Gasteiger partial charge in [0.1, 0.15) is 0 Å². The zero-order valence-corrected chi connectivity index (χ0v) is 18.8. The molecule has 29 heavy (non-hydrogen) atoms. The molecule has 0 bridgehead atoms. The number of benzene rings is 1. The summed E-state index contributed by atoms with van der Waals surface area (Å²) in [5.74, 6) is 3.02. The summed E-state index contributed by atoms with van der Waals surface area (Å²) in [5.41, 5.74) is 2.61. The maximum Gasteiger partial charge on any atom is 0.227 e. The molecule has 0 unspecified atom stereocenters. The molecule has 0 spiro atoms. The maximum absolute atomic E-state index is 12.6. The van der Waals surface area contributed by atoms with Gasteiger partial charge < -0.3 is 10.6 Å². The van der Waals surface area contributed by atoms with Crippen LogP contribution in [0.4, 0.5) is 11.4 Å². The van der Waals surface area contributed by atoms with Crippen molar-refractivity contribution < 1.29 is 9.59 Å². The van der Waals surface area contributed by atoms with Crippen LogP contribution in [0.5, 0.6) is 0 Å². The normalized spacial score (nSPS) is 25.2. The fraction of sp³-hybridized carbons (Fsp3) is 0.680. The minimum atomic E-state index is 0.121. The molecule has 0 saturated heterocycles. The van der Waals surface area contributed by atoms with Gasteiger partial charge in [0.15, 0.2) is 0 Å². The van der Waals surface area contributed by atoms with Crippen molar-refractivity contribution in [2.75, 3.05) is 10.6 Å². The molecule has 0 aromatic heterocycles. The van der Waals surface area contributed by atoms with Crippen molar-refractivity contribution >= 4 is 23.2 Å². The lowest BCUT2D eigenvalue weighted by Crippen LogP contribution is -2.17. The van der Waals surface area contributed by atoms with Crippen LogP contribution in [-0.2, 0) is 9.59 Å². The standard InChI is InChI=1S/C25H38N2O2/c1-15(2)6-9-18-12-21(18)24(28)26-20-11-8-17(5)23(14-20)27-25(29)22-13-19(22)10-7-16(3)4/h8,11,14-16,18-19,21-22H,6-7,9-10,12-13H2,1-5H3,(H,26,28)(H,27,29)/t18-,19-,21+,22+/m0/s1. The molecule has 3 rings (SSSR count). The second kappa shape index (κ2) is 9.32. The highest BCUT2D eigenvalue weighted by atomic mass is 16.2. The molecule has 2 saturated carbocycles. The minimum Gasteiger partial charge on any atom is -0.326 e. The topological polar surface area (TPSA) is 58.2 Å². The van der Waals surface area contributed by atoms with Gasteiger partial charge >= 0.3 is 0 Å². The monoisotopic (exact) mass is 398 g/mol. The Morgan fingerprint density at radius 3 is 1.93 bits per heavy atom. The fourth-order valence-electron chi connectivity index (χ4n) is 4.17. The summed E-state index contributed by atoms with van der Waals surface area (Å²) in [6.07, 6.45) is 6.68. The third-order valence-corrected chi connectivity index (χ3v) is 6.51. The van der Waals surface area contributed by atoms with Crippen molar-refractivity contribution in [1.82, 2.24) is 0 Å². The van der Waals surface area contributed by atoms with E-state index >= 15 is 0 Å². The largest absolute Gasteiger partial charge is 0.326 e. The molecule has 2 amide bonds. The zero-order valence-electron chi connectivity index (χ0n) is 18.8. The van der Waals surface area contributed by atoms with Crippen molar-refractivity contribution in [2.45, 2.75) is 73.1 Å². The molecule has 160 valence electrons. The molecule has 2 N–H and O–H groups in total. The number of hydrogen-bond donors (Lipinski definition) is 2. The van der Waals surface area contributed by atoms with Gasteiger partial charge in [0, 0.05) is 23.2 Å². The smallest absolute Gasteiger partial charge is 0.227 e. The lowest BCUT2D eigenvalue weighted by atomic mass is 10.0. The van der Waals surface area contributed by atoms with E-state index in [1.54, 1.807) is 0 Å². The van der Waals surface area contributed by atoms with Crippen molar-refractivity contribution in [2.24, 2.45) is 35.5 Å². The summed E-state index contributed by atoms with van der Waals surface area (Å²) in [7, 11) is 0. The predicted octanol–water partition coefficient (Wildman–Crippen LogP) is 6.02. The number of nitrogens with one attached hydrogen (secondary N) is 2. The van der Waals surface area contributed by atoms with Crippen molar-refractivity contribution in [3.63, 3.8) is 0 Å². The van der Waals surface area contributed by atoms with E-state index in [4.69, 9.17) is 0 Å². The van der Waals surface area contributed by atoms with E-state index in [0.717, 1.165) is 42.6 Å². The van der Waals surface area contributed by atoms with Gasteiger partial charge in [-0.1, -0.05) is 46.6 Å². The molecule has 4 atom stereocenters. The quantitative estimate of drug-likeness (QED) is 0.506. The van der Waals surface area contributed by atoms with Crippen LogP contribution in [0.25, 0.3) is 0 Å². The average Bonchev–Trinajstić information content (AvgIpc) is 3.55. The van der Waals surface area contributed by atoms with E-state index in [0.29, 0.717) is 23.7 Å². The van der Waals surface area contributed by atoms with E-state index in [2.05, 4.69) is 38.3 Å². The summed E-state index contributed by atoms with van der Waals surface area (Å²) >= 11 is 0. The van der Waals surface area contributed by atoms with E-state index < -0.39 is 0 Å². The first-order valence-corrected chi connectivity index (χ1v) is 11.5. The van der Waals surface area contributed by atoms with Gasteiger partial charge in [-0.05, 0) is 74.0 Å². The summed E-state index contributed by atoms with van der Waals surface area (Å²) in [4.78, 5) is 25.1. The van der Waals surface area contributed by atoms with E-state index in [-0.39, 0.29) is 23.7 Å². The van der Waals surface area contributed by atoms with Crippen LogP contribution in [-0.4, -0.2) is 11.8 Å². The second-order valence-electron chi connectivity index (χ2n) is 10.2. The SMILES string of the molecule is Cc1ccc(NC(=O)[C@@H]2C[C@@H]2CCC(C)C)cc1NC(=O)[C@@H]1C[C@@H]1CCC(C)C. The first-order chi connectivity index (χ1) is 13.7. The maximum atomic E-state index is 12.6. The Morgan fingerprint density at radius 2 is 1.41 bits per heavy atom. The molecule has 1 aromatic carbocycles. The lowest BCUT2D eigenvalue weighted by Gasteiger charge is -2.12. The summed E-state index contributed by atoms with van der Waals surface area (Å²) < 4.78 is 0. The van der Waals surface area contributed by atoms with E-state index in [1.165, 1.54) is 12.8 Å².